The van der Waals surface area contributed by atoms with Crippen LogP contribution in [0.2, 0.25) is 0 Å². The lowest BCUT2D eigenvalue weighted by Gasteiger charge is -2.42. The number of aromatic hydroxyl groups is 1. The van der Waals surface area contributed by atoms with Crippen molar-refractivity contribution in [3.63, 3.8) is 0 Å². The average Bonchev–Trinajstić information content (AvgIpc) is 2.76. The van der Waals surface area contributed by atoms with Crippen LogP contribution in [0.15, 0.2) is 18.2 Å². The summed E-state index contributed by atoms with van der Waals surface area (Å²) in [4.78, 5) is 0. The van der Waals surface area contributed by atoms with Crippen molar-refractivity contribution in [3.05, 3.63) is 18.2 Å². The van der Waals surface area contributed by atoms with Crippen molar-refractivity contribution in [1.82, 2.24) is 0 Å². The summed E-state index contributed by atoms with van der Waals surface area (Å²) in [5, 5.41) is 69.9. The molecule has 0 unspecified atom stereocenters. The Labute approximate surface area is 177 Å². The maximum Gasteiger partial charge on any atom is 0.229 e. The van der Waals surface area contributed by atoms with Gasteiger partial charge in [-0.2, -0.15) is 0 Å². The highest BCUT2D eigenvalue weighted by atomic mass is 16.7. The van der Waals surface area contributed by atoms with Gasteiger partial charge in [0.25, 0.3) is 0 Å². The Morgan fingerprint density at radius 1 is 0.839 bits per heavy atom. The van der Waals surface area contributed by atoms with Gasteiger partial charge in [0.15, 0.2) is 17.8 Å². The van der Waals surface area contributed by atoms with Gasteiger partial charge >= 0.3 is 0 Å². The normalized spacial score (nSPS) is 41.0. The highest BCUT2D eigenvalue weighted by molar-refractivity contribution is 5.44. The maximum absolute atomic E-state index is 10.2. The highest BCUT2D eigenvalue weighted by Gasteiger charge is 2.47. The summed E-state index contributed by atoms with van der Waals surface area (Å²) in [6, 6.07) is 4.03. The molecule has 12 heteroatoms. The second-order valence-corrected chi connectivity index (χ2v) is 7.48. The van der Waals surface area contributed by atoms with Gasteiger partial charge in [-0.15, -0.1) is 0 Å². The Morgan fingerprint density at radius 3 is 2.16 bits per heavy atom. The van der Waals surface area contributed by atoms with Crippen LogP contribution in [0.1, 0.15) is 6.92 Å². The first-order valence-corrected chi connectivity index (χ1v) is 9.68. The molecule has 0 saturated carbocycles. The SMILES string of the molecule is COc1cc(O[C@@H]2O[C@H](CO[C@H]3O[C@H](C)[C@@H](O)[C@H](O)[C@H]3O)[C@@H](O)[C@H](O)[C@H]2O)ccc1O. The van der Waals surface area contributed by atoms with E-state index in [0.717, 1.165) is 0 Å². The van der Waals surface area contributed by atoms with Crippen molar-refractivity contribution >= 4 is 0 Å². The number of phenols is 1. The molecular weight excluding hydrogens is 420 g/mol. The largest absolute Gasteiger partial charge is 0.504 e. The molecule has 0 aliphatic carbocycles. The number of phenolic OH excluding ortho intramolecular Hbond substituents is 1. The number of aliphatic hydroxyl groups excluding tert-OH is 6. The van der Waals surface area contributed by atoms with Gasteiger partial charge in [-0.05, 0) is 19.1 Å². The predicted octanol–water partition coefficient (Wildman–Crippen LogP) is -2.57. The molecule has 1 aromatic rings. The van der Waals surface area contributed by atoms with Crippen molar-refractivity contribution in [2.45, 2.75) is 68.3 Å². The van der Waals surface area contributed by atoms with Crippen LogP contribution in [0, 0.1) is 0 Å². The third-order valence-corrected chi connectivity index (χ3v) is 5.31. The van der Waals surface area contributed by atoms with Gasteiger partial charge in [0.05, 0.1) is 19.8 Å². The van der Waals surface area contributed by atoms with Gasteiger partial charge in [0.1, 0.15) is 48.5 Å². The first kappa shape index (κ1) is 23.9. The lowest BCUT2D eigenvalue weighted by Crippen LogP contribution is -2.61. The van der Waals surface area contributed by atoms with E-state index in [2.05, 4.69) is 0 Å². The van der Waals surface area contributed by atoms with Gasteiger partial charge in [-0.1, -0.05) is 0 Å². The topological polar surface area (TPSA) is 188 Å². The minimum absolute atomic E-state index is 0.113. The summed E-state index contributed by atoms with van der Waals surface area (Å²) in [6.07, 6.45) is -13.9. The fraction of sp³-hybridized carbons (Fsp3) is 0.684. The third kappa shape index (κ3) is 5.03. The van der Waals surface area contributed by atoms with Gasteiger partial charge in [-0.25, -0.2) is 0 Å². The van der Waals surface area contributed by atoms with Crippen LogP contribution in [-0.4, -0.2) is 111 Å². The van der Waals surface area contributed by atoms with Crippen LogP contribution in [0.25, 0.3) is 0 Å². The molecule has 2 fully saturated rings. The van der Waals surface area contributed by atoms with Gasteiger partial charge in [-0.3, -0.25) is 0 Å². The van der Waals surface area contributed by atoms with Crippen molar-refractivity contribution in [1.29, 1.82) is 0 Å². The number of rotatable bonds is 6. The van der Waals surface area contributed by atoms with E-state index < -0.39 is 68.0 Å². The van der Waals surface area contributed by atoms with Crippen molar-refractivity contribution in [2.75, 3.05) is 13.7 Å². The summed E-state index contributed by atoms with van der Waals surface area (Å²) >= 11 is 0. The first-order chi connectivity index (χ1) is 14.6. The summed E-state index contributed by atoms with van der Waals surface area (Å²) in [7, 11) is 1.34. The number of hydrogen-bond acceptors (Lipinski definition) is 12. The molecule has 0 amide bonds. The zero-order valence-electron chi connectivity index (χ0n) is 16.9. The van der Waals surface area contributed by atoms with E-state index in [9.17, 15) is 35.7 Å². The lowest BCUT2D eigenvalue weighted by molar-refractivity contribution is -0.318. The minimum atomic E-state index is -1.64. The molecule has 0 spiro atoms. The van der Waals surface area contributed by atoms with Crippen LogP contribution < -0.4 is 9.47 Å². The highest BCUT2D eigenvalue weighted by Crippen LogP contribution is 2.32. The van der Waals surface area contributed by atoms with E-state index in [1.807, 2.05) is 0 Å². The smallest absolute Gasteiger partial charge is 0.229 e. The molecule has 0 aromatic heterocycles. The number of aliphatic hydroxyl groups is 6. The Balaban J connectivity index is 1.66. The second kappa shape index (κ2) is 9.81. The molecule has 7 N–H and O–H groups in total. The number of ether oxygens (including phenoxy) is 5. The van der Waals surface area contributed by atoms with E-state index in [4.69, 9.17) is 23.7 Å². The Bertz CT molecular complexity index is 732. The molecule has 176 valence electrons. The standard InChI is InChI=1S/C19H28O12/c1-7-12(21)14(23)16(25)18(29-7)28-6-11-13(22)15(24)17(26)19(31-11)30-8-3-4-9(20)10(5-8)27-2/h3-5,7,11-26H,6H2,1-2H3/t7-,11-,12-,13-,14+,15+,16-,17-,18+,19-/m1/s1. The molecule has 12 nitrogen and oxygen atoms in total. The maximum atomic E-state index is 10.2. The third-order valence-electron chi connectivity index (χ3n) is 5.31. The number of benzene rings is 1. The lowest BCUT2D eigenvalue weighted by atomic mass is 9.98. The van der Waals surface area contributed by atoms with Crippen molar-refractivity contribution in [2.24, 2.45) is 0 Å². The Hall–Kier alpha value is -1.74. The van der Waals surface area contributed by atoms with Gasteiger partial charge < -0.3 is 59.4 Å². The van der Waals surface area contributed by atoms with E-state index in [1.165, 1.54) is 32.2 Å². The van der Waals surface area contributed by atoms with E-state index in [1.54, 1.807) is 0 Å². The Morgan fingerprint density at radius 2 is 1.48 bits per heavy atom. The summed E-state index contributed by atoms with van der Waals surface area (Å²) in [5.41, 5.74) is 0. The van der Waals surface area contributed by atoms with Crippen LogP contribution in [0.5, 0.6) is 17.2 Å². The van der Waals surface area contributed by atoms with Crippen LogP contribution in [0.4, 0.5) is 0 Å². The average molecular weight is 448 g/mol. The van der Waals surface area contributed by atoms with Crippen LogP contribution in [0.3, 0.4) is 0 Å². The van der Waals surface area contributed by atoms with E-state index in [0.29, 0.717) is 0 Å². The zero-order chi connectivity index (χ0) is 22.9. The molecule has 2 aliphatic heterocycles. The van der Waals surface area contributed by atoms with Crippen molar-refractivity contribution in [3.8, 4) is 17.2 Å². The molecule has 2 saturated heterocycles. The molecule has 2 aliphatic rings. The monoisotopic (exact) mass is 448 g/mol. The zero-order valence-corrected chi connectivity index (χ0v) is 16.9. The quantitative estimate of drug-likeness (QED) is 0.241. The molecule has 0 bridgehead atoms. The molecule has 31 heavy (non-hydrogen) atoms. The first-order valence-electron chi connectivity index (χ1n) is 9.68. The molecule has 2 heterocycles. The molecule has 1 aromatic carbocycles. The Kier molecular flexibility index (Phi) is 7.57. The minimum Gasteiger partial charge on any atom is -0.504 e. The van der Waals surface area contributed by atoms with Crippen molar-refractivity contribution < 1.29 is 59.4 Å². The molecule has 10 atom stereocenters. The molecule has 3 rings (SSSR count). The number of hydrogen-bond donors (Lipinski definition) is 7. The van der Waals surface area contributed by atoms with E-state index >= 15 is 0 Å². The predicted molar refractivity (Wildman–Crippen MR) is 100 cm³/mol. The summed E-state index contributed by atoms with van der Waals surface area (Å²) in [6.45, 7) is 1.08. The molecular formula is C19H28O12. The van der Waals surface area contributed by atoms with Crippen LogP contribution in [-0.2, 0) is 14.2 Å². The fourth-order valence-electron chi connectivity index (χ4n) is 3.36. The summed E-state index contributed by atoms with van der Waals surface area (Å²) in [5.74, 6) is 0.134. The summed E-state index contributed by atoms with van der Waals surface area (Å²) < 4.78 is 26.8. The van der Waals surface area contributed by atoms with Gasteiger partial charge in [0, 0.05) is 6.07 Å². The molecule has 0 radical (unpaired) electrons. The van der Waals surface area contributed by atoms with E-state index in [-0.39, 0.29) is 17.2 Å². The van der Waals surface area contributed by atoms with Gasteiger partial charge in [0.2, 0.25) is 6.29 Å². The fourth-order valence-corrected chi connectivity index (χ4v) is 3.36. The van der Waals surface area contributed by atoms with Crippen LogP contribution >= 0.6 is 0 Å². The second-order valence-electron chi connectivity index (χ2n) is 7.48. The number of methoxy groups -OCH3 is 1.